The van der Waals surface area contributed by atoms with Gasteiger partial charge in [-0.25, -0.2) is 0 Å². The van der Waals surface area contributed by atoms with Crippen molar-refractivity contribution in [3.63, 3.8) is 0 Å². The molecule has 7 heteroatoms. The number of aromatic nitrogens is 2. The summed E-state index contributed by atoms with van der Waals surface area (Å²) in [7, 11) is 0. The van der Waals surface area contributed by atoms with Gasteiger partial charge in [0.25, 0.3) is 0 Å². The van der Waals surface area contributed by atoms with Crippen molar-refractivity contribution in [2.24, 2.45) is 5.92 Å². The molecule has 0 radical (unpaired) electrons. The molecule has 0 saturated heterocycles. The summed E-state index contributed by atoms with van der Waals surface area (Å²) in [5, 5.41) is 7.71. The smallest absolute Gasteiger partial charge is 0.231 e. The highest BCUT2D eigenvalue weighted by Gasteiger charge is 2.29. The van der Waals surface area contributed by atoms with E-state index in [9.17, 15) is 4.79 Å². The molecule has 1 aromatic carbocycles. The Kier molecular flexibility index (Phi) is 4.55. The van der Waals surface area contributed by atoms with Crippen LogP contribution in [0.25, 0.3) is 10.7 Å². The van der Waals surface area contributed by atoms with Crippen LogP contribution in [0.4, 0.5) is 0 Å². The largest absolute Gasteiger partial charge is 0.351 e. The van der Waals surface area contributed by atoms with Crippen LogP contribution in [0.3, 0.4) is 0 Å². The van der Waals surface area contributed by atoms with Gasteiger partial charge in [0.2, 0.25) is 17.6 Å². The van der Waals surface area contributed by atoms with Gasteiger partial charge in [-0.1, -0.05) is 28.9 Å². The Balaban J connectivity index is 1.40. The molecule has 2 heterocycles. The first-order chi connectivity index (χ1) is 12.2. The fraction of sp³-hybridized carbons (Fsp3) is 0.278. The molecule has 0 spiro atoms. The van der Waals surface area contributed by atoms with E-state index in [0.717, 1.165) is 28.2 Å². The summed E-state index contributed by atoms with van der Waals surface area (Å²) >= 11 is 7.56. The van der Waals surface area contributed by atoms with Crippen molar-refractivity contribution in [2.75, 3.05) is 0 Å². The third kappa shape index (κ3) is 4.08. The molecule has 2 aromatic heterocycles. The highest BCUT2D eigenvalue weighted by molar-refractivity contribution is 7.15. The molecule has 1 N–H and O–H groups in total. The van der Waals surface area contributed by atoms with Crippen LogP contribution in [0.1, 0.15) is 29.2 Å². The summed E-state index contributed by atoms with van der Waals surface area (Å²) in [6.45, 7) is 0.549. The van der Waals surface area contributed by atoms with E-state index in [0.29, 0.717) is 29.7 Å². The third-order valence-corrected chi connectivity index (χ3v) is 5.30. The Hall–Kier alpha value is -2.18. The van der Waals surface area contributed by atoms with Crippen LogP contribution in [0.5, 0.6) is 0 Å². The third-order valence-electron chi connectivity index (χ3n) is 3.98. The molecule has 25 heavy (non-hydrogen) atoms. The fourth-order valence-corrected chi connectivity index (χ4v) is 3.59. The van der Waals surface area contributed by atoms with Gasteiger partial charge in [-0.05, 0) is 42.7 Å². The lowest BCUT2D eigenvalue weighted by Gasteiger charge is -2.00. The molecule has 0 atom stereocenters. The minimum absolute atomic E-state index is 0.151. The number of nitrogens with zero attached hydrogens (tertiary/aromatic N) is 2. The van der Waals surface area contributed by atoms with Gasteiger partial charge in [0.05, 0.1) is 17.8 Å². The zero-order chi connectivity index (χ0) is 17.2. The monoisotopic (exact) mass is 373 g/mol. The molecule has 128 valence electrons. The maximum atomic E-state index is 11.7. The molecule has 1 saturated carbocycles. The molecule has 3 aromatic rings. The Bertz CT molecular complexity index is 901. The number of thiophene rings is 1. The highest BCUT2D eigenvalue weighted by Crippen LogP contribution is 2.30. The molecule has 1 aliphatic carbocycles. The Morgan fingerprint density at radius 2 is 2.20 bits per heavy atom. The molecule has 0 aliphatic heterocycles. The van der Waals surface area contributed by atoms with Crippen LogP contribution in [-0.2, 0) is 17.8 Å². The minimum atomic E-state index is 0.151. The molecule has 1 aliphatic rings. The van der Waals surface area contributed by atoms with Crippen molar-refractivity contribution in [1.82, 2.24) is 15.5 Å². The van der Waals surface area contributed by atoms with E-state index in [-0.39, 0.29) is 11.8 Å². The van der Waals surface area contributed by atoms with Gasteiger partial charge >= 0.3 is 0 Å². The number of carbonyl (C=O) groups excluding carboxylic acids is 1. The molecular weight excluding hydrogens is 358 g/mol. The topological polar surface area (TPSA) is 68.0 Å². The number of benzene rings is 1. The van der Waals surface area contributed by atoms with Gasteiger partial charge in [0.1, 0.15) is 0 Å². The van der Waals surface area contributed by atoms with E-state index >= 15 is 0 Å². The van der Waals surface area contributed by atoms with Crippen molar-refractivity contribution in [3.8, 4) is 10.7 Å². The SMILES string of the molecule is O=C(NCc1ccc(-c2noc(Cc3cccc(Cl)c3)n2)s1)C1CC1. The van der Waals surface area contributed by atoms with E-state index in [1.54, 1.807) is 11.3 Å². The van der Waals surface area contributed by atoms with Crippen LogP contribution < -0.4 is 5.32 Å². The van der Waals surface area contributed by atoms with Crippen LogP contribution in [0.15, 0.2) is 40.9 Å². The van der Waals surface area contributed by atoms with Gasteiger partial charge in [-0.2, -0.15) is 4.98 Å². The van der Waals surface area contributed by atoms with Crippen molar-refractivity contribution >= 4 is 28.8 Å². The van der Waals surface area contributed by atoms with E-state index < -0.39 is 0 Å². The second-order valence-electron chi connectivity index (χ2n) is 6.08. The van der Waals surface area contributed by atoms with Crippen molar-refractivity contribution in [3.05, 3.63) is 57.8 Å². The zero-order valence-corrected chi connectivity index (χ0v) is 14.9. The van der Waals surface area contributed by atoms with Gasteiger partial charge in [-0.15, -0.1) is 11.3 Å². The maximum absolute atomic E-state index is 11.7. The number of amides is 1. The van der Waals surface area contributed by atoms with E-state index in [1.807, 2.05) is 36.4 Å². The summed E-state index contributed by atoms with van der Waals surface area (Å²) in [4.78, 5) is 18.2. The summed E-state index contributed by atoms with van der Waals surface area (Å²) in [6, 6.07) is 11.5. The lowest BCUT2D eigenvalue weighted by atomic mass is 10.1. The van der Waals surface area contributed by atoms with Crippen molar-refractivity contribution in [1.29, 1.82) is 0 Å². The first-order valence-corrected chi connectivity index (χ1v) is 9.30. The Labute approximate surface area is 154 Å². The molecule has 1 fully saturated rings. The van der Waals surface area contributed by atoms with E-state index in [2.05, 4.69) is 15.5 Å². The van der Waals surface area contributed by atoms with Crippen molar-refractivity contribution in [2.45, 2.75) is 25.8 Å². The Morgan fingerprint density at radius 3 is 3.00 bits per heavy atom. The van der Waals surface area contributed by atoms with Crippen LogP contribution in [0, 0.1) is 5.92 Å². The molecule has 4 rings (SSSR count). The predicted molar refractivity (Wildman–Crippen MR) is 96.4 cm³/mol. The zero-order valence-electron chi connectivity index (χ0n) is 13.4. The first kappa shape index (κ1) is 16.3. The van der Waals surface area contributed by atoms with Crippen LogP contribution in [-0.4, -0.2) is 16.0 Å². The number of nitrogens with one attached hydrogen (secondary N) is 1. The lowest BCUT2D eigenvalue weighted by molar-refractivity contribution is -0.122. The van der Waals surface area contributed by atoms with Crippen molar-refractivity contribution < 1.29 is 9.32 Å². The van der Waals surface area contributed by atoms with Crippen LogP contribution in [0.2, 0.25) is 5.02 Å². The maximum Gasteiger partial charge on any atom is 0.231 e. The first-order valence-electron chi connectivity index (χ1n) is 8.11. The van der Waals surface area contributed by atoms with Gasteiger partial charge in [0.15, 0.2) is 0 Å². The summed E-state index contributed by atoms with van der Waals surface area (Å²) in [6.07, 6.45) is 2.57. The number of halogens is 1. The molecule has 5 nitrogen and oxygen atoms in total. The van der Waals surface area contributed by atoms with Gasteiger partial charge in [0, 0.05) is 15.8 Å². The Morgan fingerprint density at radius 1 is 1.32 bits per heavy atom. The number of hydrogen-bond acceptors (Lipinski definition) is 5. The molecule has 0 bridgehead atoms. The summed E-state index contributed by atoms with van der Waals surface area (Å²) < 4.78 is 5.34. The lowest BCUT2D eigenvalue weighted by Crippen LogP contribution is -2.23. The summed E-state index contributed by atoms with van der Waals surface area (Å²) in [5.74, 6) is 1.50. The van der Waals surface area contributed by atoms with Gasteiger partial charge in [-0.3, -0.25) is 4.79 Å². The molecular formula is C18H16ClN3O2S. The quantitative estimate of drug-likeness (QED) is 0.707. The fourth-order valence-electron chi connectivity index (χ4n) is 2.51. The summed E-state index contributed by atoms with van der Waals surface area (Å²) in [5.41, 5.74) is 1.03. The predicted octanol–water partition coefficient (Wildman–Crippen LogP) is 4.07. The second-order valence-corrected chi connectivity index (χ2v) is 7.68. The van der Waals surface area contributed by atoms with E-state index in [1.165, 1.54) is 0 Å². The van der Waals surface area contributed by atoms with Crippen LogP contribution >= 0.6 is 22.9 Å². The van der Waals surface area contributed by atoms with E-state index in [4.69, 9.17) is 16.1 Å². The number of hydrogen-bond donors (Lipinski definition) is 1. The molecule has 0 unspecified atom stereocenters. The highest BCUT2D eigenvalue weighted by atomic mass is 35.5. The average molecular weight is 374 g/mol. The average Bonchev–Trinajstić information content (AvgIpc) is 3.17. The molecule has 1 amide bonds. The van der Waals surface area contributed by atoms with Gasteiger partial charge < -0.3 is 9.84 Å². The number of rotatable bonds is 6. The minimum Gasteiger partial charge on any atom is -0.351 e. The second kappa shape index (κ2) is 6.98. The number of carbonyl (C=O) groups is 1. The standard InChI is InChI=1S/C18H16ClN3O2S/c19-13-3-1-2-11(8-13)9-16-21-17(22-24-16)15-7-6-14(25-15)10-20-18(23)12-4-5-12/h1-3,6-8,12H,4-5,9-10H2,(H,20,23). The normalized spacial score (nSPS) is 13.8.